The van der Waals surface area contributed by atoms with Crippen LogP contribution in [0.1, 0.15) is 20.8 Å². The SMILES string of the molecule is COc1ccc(C(=O)Nc2ncc(Cc3ccc(Cl)cc3)s2)cc1S(=O)(=O)N1CCOCC1. The van der Waals surface area contributed by atoms with Gasteiger partial charge in [-0.25, -0.2) is 13.4 Å². The number of carbonyl (C=O) groups is 1. The van der Waals surface area contributed by atoms with Gasteiger partial charge in [-0.05, 0) is 35.9 Å². The highest BCUT2D eigenvalue weighted by Gasteiger charge is 2.30. The summed E-state index contributed by atoms with van der Waals surface area (Å²) in [5.74, 6) is -0.277. The van der Waals surface area contributed by atoms with E-state index in [1.807, 2.05) is 24.3 Å². The van der Waals surface area contributed by atoms with Gasteiger partial charge in [-0.2, -0.15) is 4.31 Å². The van der Waals surface area contributed by atoms with Crippen molar-refractivity contribution in [3.05, 3.63) is 69.7 Å². The summed E-state index contributed by atoms with van der Waals surface area (Å²) in [5, 5.41) is 3.85. The van der Waals surface area contributed by atoms with Crippen molar-refractivity contribution in [2.75, 3.05) is 38.7 Å². The van der Waals surface area contributed by atoms with E-state index in [9.17, 15) is 13.2 Å². The van der Waals surface area contributed by atoms with Gasteiger partial charge in [-0.3, -0.25) is 10.1 Å². The molecule has 1 saturated heterocycles. The molecule has 1 N–H and O–H groups in total. The van der Waals surface area contributed by atoms with Gasteiger partial charge in [0.15, 0.2) is 5.13 Å². The number of anilines is 1. The minimum Gasteiger partial charge on any atom is -0.495 e. The number of thiazole rings is 1. The summed E-state index contributed by atoms with van der Waals surface area (Å²) in [5.41, 5.74) is 1.27. The van der Waals surface area contributed by atoms with E-state index < -0.39 is 15.9 Å². The molecule has 1 amide bonds. The number of hydrogen-bond acceptors (Lipinski definition) is 7. The molecule has 1 aliphatic rings. The fourth-order valence-corrected chi connectivity index (χ4v) is 5.92. The summed E-state index contributed by atoms with van der Waals surface area (Å²) in [6, 6.07) is 11.9. The Morgan fingerprint density at radius 2 is 1.94 bits per heavy atom. The van der Waals surface area contributed by atoms with Gasteiger partial charge in [0.2, 0.25) is 10.0 Å². The largest absolute Gasteiger partial charge is 0.495 e. The number of carbonyl (C=O) groups excluding carboxylic acids is 1. The smallest absolute Gasteiger partial charge is 0.257 e. The molecule has 33 heavy (non-hydrogen) atoms. The number of rotatable bonds is 7. The normalized spacial score (nSPS) is 14.7. The minimum absolute atomic E-state index is 0.0536. The number of methoxy groups -OCH3 is 1. The van der Waals surface area contributed by atoms with Crippen LogP contribution in [0.15, 0.2) is 53.6 Å². The van der Waals surface area contributed by atoms with E-state index in [0.717, 1.165) is 10.4 Å². The van der Waals surface area contributed by atoms with Gasteiger partial charge in [0.05, 0.1) is 20.3 Å². The lowest BCUT2D eigenvalue weighted by molar-refractivity contribution is 0.0729. The molecule has 2 aromatic carbocycles. The molecule has 11 heteroatoms. The maximum atomic E-state index is 13.1. The third-order valence-electron chi connectivity index (χ3n) is 5.08. The Kier molecular flexibility index (Phi) is 7.30. The van der Waals surface area contributed by atoms with Crippen molar-refractivity contribution in [1.29, 1.82) is 0 Å². The maximum Gasteiger partial charge on any atom is 0.257 e. The molecule has 0 aliphatic carbocycles. The van der Waals surface area contributed by atoms with Crippen LogP contribution in [0.3, 0.4) is 0 Å². The van der Waals surface area contributed by atoms with Crippen molar-refractivity contribution in [1.82, 2.24) is 9.29 Å². The van der Waals surface area contributed by atoms with Gasteiger partial charge in [0.25, 0.3) is 5.91 Å². The average molecular weight is 508 g/mol. The van der Waals surface area contributed by atoms with Crippen LogP contribution >= 0.6 is 22.9 Å². The topological polar surface area (TPSA) is 97.8 Å². The van der Waals surface area contributed by atoms with Crippen molar-refractivity contribution >= 4 is 44.0 Å². The number of nitrogens with zero attached hydrogens (tertiary/aromatic N) is 2. The lowest BCUT2D eigenvalue weighted by Gasteiger charge is -2.26. The Bertz CT molecular complexity index is 1240. The molecule has 3 aromatic rings. The van der Waals surface area contributed by atoms with Crippen molar-refractivity contribution in [3.8, 4) is 5.75 Å². The van der Waals surface area contributed by atoms with E-state index in [-0.39, 0.29) is 29.3 Å². The van der Waals surface area contributed by atoms with E-state index in [4.69, 9.17) is 21.1 Å². The van der Waals surface area contributed by atoms with Crippen molar-refractivity contribution in [2.45, 2.75) is 11.3 Å². The lowest BCUT2D eigenvalue weighted by atomic mass is 10.1. The van der Waals surface area contributed by atoms with Crippen LogP contribution in [-0.2, 0) is 21.2 Å². The van der Waals surface area contributed by atoms with E-state index >= 15 is 0 Å². The second kappa shape index (κ2) is 10.2. The molecular weight excluding hydrogens is 486 g/mol. The summed E-state index contributed by atoms with van der Waals surface area (Å²) in [6.07, 6.45) is 2.37. The van der Waals surface area contributed by atoms with E-state index in [2.05, 4.69) is 10.3 Å². The number of benzene rings is 2. The Balaban J connectivity index is 1.51. The highest BCUT2D eigenvalue weighted by molar-refractivity contribution is 7.89. The molecule has 174 valence electrons. The van der Waals surface area contributed by atoms with E-state index in [1.165, 1.54) is 41.0 Å². The molecule has 1 fully saturated rings. The van der Waals surface area contributed by atoms with Crippen molar-refractivity contribution < 1.29 is 22.7 Å². The quantitative estimate of drug-likeness (QED) is 0.524. The van der Waals surface area contributed by atoms with Gasteiger partial charge in [-0.15, -0.1) is 11.3 Å². The number of sulfonamides is 1. The first-order chi connectivity index (χ1) is 15.9. The number of nitrogens with one attached hydrogen (secondary N) is 1. The fraction of sp³-hybridized carbons (Fsp3) is 0.273. The number of ether oxygens (including phenoxy) is 2. The third kappa shape index (κ3) is 5.53. The van der Waals surface area contributed by atoms with Crippen LogP contribution in [-0.4, -0.2) is 57.0 Å². The van der Waals surface area contributed by atoms with Gasteiger partial charge in [0, 0.05) is 41.2 Å². The summed E-state index contributed by atoms with van der Waals surface area (Å²) < 4.78 is 38.1. The van der Waals surface area contributed by atoms with Crippen LogP contribution in [0.25, 0.3) is 0 Å². The van der Waals surface area contributed by atoms with Gasteiger partial charge >= 0.3 is 0 Å². The second-order valence-electron chi connectivity index (χ2n) is 7.27. The van der Waals surface area contributed by atoms with Crippen LogP contribution in [0, 0.1) is 0 Å². The second-order valence-corrected chi connectivity index (χ2v) is 10.7. The third-order valence-corrected chi connectivity index (χ3v) is 8.16. The lowest BCUT2D eigenvalue weighted by Crippen LogP contribution is -2.40. The number of morpholine rings is 1. The maximum absolute atomic E-state index is 13.1. The highest BCUT2D eigenvalue weighted by Crippen LogP contribution is 2.29. The highest BCUT2D eigenvalue weighted by atomic mass is 35.5. The Hall–Kier alpha value is -2.50. The molecular formula is C22H22ClN3O5S2. The molecule has 0 radical (unpaired) electrons. The van der Waals surface area contributed by atoms with Gasteiger partial charge < -0.3 is 9.47 Å². The van der Waals surface area contributed by atoms with Gasteiger partial charge in [-0.1, -0.05) is 23.7 Å². The summed E-state index contributed by atoms with van der Waals surface area (Å²) in [6.45, 7) is 1.14. The molecule has 2 heterocycles. The molecule has 0 unspecified atom stereocenters. The number of hydrogen-bond donors (Lipinski definition) is 1. The predicted molar refractivity (Wildman–Crippen MR) is 127 cm³/mol. The molecule has 0 spiro atoms. The van der Waals surface area contributed by atoms with Crippen LogP contribution in [0.2, 0.25) is 5.02 Å². The molecule has 1 aliphatic heterocycles. The summed E-state index contributed by atoms with van der Waals surface area (Å²) in [7, 11) is -2.45. The Labute approximate surface area is 201 Å². The zero-order valence-corrected chi connectivity index (χ0v) is 20.2. The molecule has 1 aromatic heterocycles. The minimum atomic E-state index is -3.84. The summed E-state index contributed by atoms with van der Waals surface area (Å²) in [4.78, 5) is 18.0. The Morgan fingerprint density at radius 1 is 1.21 bits per heavy atom. The predicted octanol–water partition coefficient (Wildman–Crippen LogP) is 3.67. The van der Waals surface area contributed by atoms with E-state index in [0.29, 0.717) is 29.8 Å². The Morgan fingerprint density at radius 3 is 2.64 bits per heavy atom. The molecule has 8 nitrogen and oxygen atoms in total. The first-order valence-corrected chi connectivity index (χ1v) is 12.8. The first-order valence-electron chi connectivity index (χ1n) is 10.1. The zero-order valence-electron chi connectivity index (χ0n) is 17.8. The van der Waals surface area contributed by atoms with Gasteiger partial charge in [0.1, 0.15) is 10.6 Å². The monoisotopic (exact) mass is 507 g/mol. The van der Waals surface area contributed by atoms with Crippen LogP contribution in [0.4, 0.5) is 5.13 Å². The molecule has 0 atom stereocenters. The molecule has 0 saturated carbocycles. The summed E-state index contributed by atoms with van der Waals surface area (Å²) >= 11 is 7.28. The van der Waals surface area contributed by atoms with Crippen molar-refractivity contribution in [2.24, 2.45) is 0 Å². The van der Waals surface area contributed by atoms with Crippen LogP contribution < -0.4 is 10.1 Å². The van der Waals surface area contributed by atoms with E-state index in [1.54, 1.807) is 6.20 Å². The standard InChI is InChI=1S/C22H22ClN3O5S2/c1-30-19-7-4-16(13-20(19)33(28,29)26-8-10-31-11-9-26)21(27)25-22-24-14-18(32-22)12-15-2-5-17(23)6-3-15/h2-7,13-14H,8-12H2,1H3,(H,24,25,27). The number of halogens is 1. The molecule has 0 bridgehead atoms. The zero-order chi connectivity index (χ0) is 23.4. The average Bonchev–Trinajstić information content (AvgIpc) is 3.27. The first kappa shape index (κ1) is 23.7. The molecule has 4 rings (SSSR count). The fourth-order valence-electron chi connectivity index (χ4n) is 3.37. The number of amides is 1. The number of aromatic nitrogens is 1. The van der Waals surface area contributed by atoms with Crippen molar-refractivity contribution in [3.63, 3.8) is 0 Å². The van der Waals surface area contributed by atoms with Crippen LogP contribution in [0.5, 0.6) is 5.75 Å².